The molecule has 1 aliphatic carbocycles. The fourth-order valence-corrected chi connectivity index (χ4v) is 5.55. The van der Waals surface area contributed by atoms with E-state index in [4.69, 9.17) is 0 Å². The number of benzene rings is 2. The number of sulfonamides is 1. The van der Waals surface area contributed by atoms with Crippen molar-refractivity contribution in [3.63, 3.8) is 0 Å². The Hall–Kier alpha value is -2.60. The van der Waals surface area contributed by atoms with E-state index < -0.39 is 40.3 Å². The zero-order valence-electron chi connectivity index (χ0n) is 20.5. The van der Waals surface area contributed by atoms with Gasteiger partial charge in [0.15, 0.2) is 0 Å². The van der Waals surface area contributed by atoms with Gasteiger partial charge in [-0.3, -0.25) is 13.9 Å². The van der Waals surface area contributed by atoms with Gasteiger partial charge < -0.3 is 10.2 Å². The topological polar surface area (TPSA) is 86.8 Å². The lowest BCUT2D eigenvalue weighted by molar-refractivity contribution is -0.139. The van der Waals surface area contributed by atoms with Crippen molar-refractivity contribution in [2.24, 2.45) is 0 Å². The molecule has 1 fully saturated rings. The molecule has 2 aromatic rings. The van der Waals surface area contributed by atoms with Crippen LogP contribution in [0.3, 0.4) is 0 Å². The molecular formula is C25H29BrF3N3O4S. The molecule has 1 saturated carbocycles. The lowest BCUT2D eigenvalue weighted by Gasteiger charge is -2.32. The van der Waals surface area contributed by atoms with Gasteiger partial charge >= 0.3 is 6.18 Å². The predicted molar refractivity (Wildman–Crippen MR) is 138 cm³/mol. The van der Waals surface area contributed by atoms with E-state index in [1.54, 1.807) is 31.2 Å². The second kappa shape index (κ2) is 11.8. The molecule has 0 radical (unpaired) electrons. The number of amides is 2. The highest BCUT2D eigenvalue weighted by molar-refractivity contribution is 9.10. The quantitative estimate of drug-likeness (QED) is 0.450. The van der Waals surface area contributed by atoms with Crippen molar-refractivity contribution in [1.29, 1.82) is 0 Å². The number of rotatable bonds is 9. The molecule has 1 aliphatic rings. The summed E-state index contributed by atoms with van der Waals surface area (Å²) in [6.07, 6.45) is -0.191. The summed E-state index contributed by atoms with van der Waals surface area (Å²) in [6.45, 7) is 0.780. The first-order valence-electron chi connectivity index (χ1n) is 11.7. The van der Waals surface area contributed by atoms with Crippen molar-refractivity contribution in [2.75, 3.05) is 17.1 Å². The highest BCUT2D eigenvalue weighted by Gasteiger charge is 2.34. The molecule has 1 atom stereocenters. The van der Waals surface area contributed by atoms with E-state index in [0.717, 1.165) is 48.5 Å². The van der Waals surface area contributed by atoms with Gasteiger partial charge in [0.1, 0.15) is 12.6 Å². The van der Waals surface area contributed by atoms with E-state index in [9.17, 15) is 31.2 Å². The van der Waals surface area contributed by atoms with Crippen LogP contribution in [0.25, 0.3) is 0 Å². The summed E-state index contributed by atoms with van der Waals surface area (Å²) in [4.78, 5) is 27.8. The lowest BCUT2D eigenvalue weighted by Crippen LogP contribution is -2.52. The number of carbonyl (C=O) groups excluding carboxylic acids is 2. The first kappa shape index (κ1) is 29.0. The number of nitrogens with one attached hydrogen (secondary N) is 1. The number of carbonyl (C=O) groups is 2. The smallest absolute Gasteiger partial charge is 0.352 e. The summed E-state index contributed by atoms with van der Waals surface area (Å²) in [7, 11) is -4.14. The summed E-state index contributed by atoms with van der Waals surface area (Å²) in [6, 6.07) is 9.92. The van der Waals surface area contributed by atoms with E-state index in [-0.39, 0.29) is 24.2 Å². The van der Waals surface area contributed by atoms with Gasteiger partial charge in [-0.05, 0) is 55.7 Å². The number of anilines is 1. The molecule has 0 aromatic heterocycles. The van der Waals surface area contributed by atoms with E-state index in [0.29, 0.717) is 15.9 Å². The van der Waals surface area contributed by atoms with Gasteiger partial charge in [0.2, 0.25) is 21.8 Å². The fourth-order valence-electron chi connectivity index (χ4n) is 4.26. The third-order valence-corrected chi connectivity index (χ3v) is 7.89. The van der Waals surface area contributed by atoms with Crippen LogP contribution in [0.1, 0.15) is 43.7 Å². The van der Waals surface area contributed by atoms with E-state index in [1.165, 1.54) is 11.0 Å². The van der Waals surface area contributed by atoms with Crippen LogP contribution in [0.5, 0.6) is 0 Å². The minimum atomic E-state index is -4.69. The SMILES string of the molecule is CC(C(=O)NC1CCCC1)N(Cc1cccc(Br)c1)C(=O)CN(c1cccc(C(F)(F)F)c1)S(C)(=O)=O. The highest BCUT2D eigenvalue weighted by Crippen LogP contribution is 2.32. The minimum absolute atomic E-state index is 0.00226. The molecule has 0 aliphatic heterocycles. The molecule has 0 saturated heterocycles. The van der Waals surface area contributed by atoms with Crippen molar-refractivity contribution >= 4 is 43.5 Å². The summed E-state index contributed by atoms with van der Waals surface area (Å²) in [5.74, 6) is -1.10. The standard InChI is InChI=1S/C25H29BrF3N3O4S/c1-17(24(34)30-21-10-3-4-11-21)31(15-18-7-5-9-20(26)13-18)23(33)16-32(37(2,35)36)22-12-6-8-19(14-22)25(27,28)29/h5-9,12-14,17,21H,3-4,10-11,15-16H2,1-2H3,(H,30,34). The van der Waals surface area contributed by atoms with Crippen LogP contribution in [0.4, 0.5) is 18.9 Å². The average molecular weight is 604 g/mol. The molecule has 0 bridgehead atoms. The second-order valence-corrected chi connectivity index (χ2v) is 12.0. The zero-order valence-corrected chi connectivity index (χ0v) is 22.9. The van der Waals surface area contributed by atoms with Gasteiger partial charge in [-0.15, -0.1) is 0 Å². The summed E-state index contributed by atoms with van der Waals surface area (Å²) in [5, 5.41) is 2.95. The maximum absolute atomic E-state index is 13.5. The van der Waals surface area contributed by atoms with E-state index >= 15 is 0 Å². The molecule has 1 N–H and O–H groups in total. The van der Waals surface area contributed by atoms with E-state index in [1.807, 2.05) is 0 Å². The van der Waals surface area contributed by atoms with Gasteiger partial charge in [-0.25, -0.2) is 8.42 Å². The average Bonchev–Trinajstić information content (AvgIpc) is 3.32. The number of hydrogen-bond donors (Lipinski definition) is 1. The molecule has 7 nitrogen and oxygen atoms in total. The highest BCUT2D eigenvalue weighted by atomic mass is 79.9. The summed E-state index contributed by atoms with van der Waals surface area (Å²) < 4.78 is 66.3. The molecule has 202 valence electrons. The Morgan fingerprint density at radius 1 is 1.11 bits per heavy atom. The molecule has 12 heteroatoms. The molecule has 2 amide bonds. The number of hydrogen-bond acceptors (Lipinski definition) is 4. The van der Waals surface area contributed by atoms with Crippen LogP contribution < -0.4 is 9.62 Å². The van der Waals surface area contributed by atoms with Crippen LogP contribution in [0, 0.1) is 0 Å². The Kier molecular flexibility index (Phi) is 9.27. The van der Waals surface area contributed by atoms with Crippen molar-refractivity contribution in [3.05, 3.63) is 64.1 Å². The van der Waals surface area contributed by atoms with Crippen LogP contribution in [-0.2, 0) is 32.3 Å². The summed E-state index contributed by atoms with van der Waals surface area (Å²) in [5.41, 5.74) is -0.647. The Bertz CT molecular complexity index is 1230. The third kappa shape index (κ3) is 7.94. The molecule has 0 heterocycles. The first-order chi connectivity index (χ1) is 17.3. The summed E-state index contributed by atoms with van der Waals surface area (Å²) >= 11 is 3.37. The molecule has 3 rings (SSSR count). The van der Waals surface area contributed by atoms with Crippen molar-refractivity contribution in [2.45, 2.75) is 57.4 Å². The van der Waals surface area contributed by atoms with Gasteiger partial charge in [0.05, 0.1) is 17.5 Å². The van der Waals surface area contributed by atoms with Crippen LogP contribution in [0.15, 0.2) is 53.0 Å². The number of nitrogens with zero attached hydrogens (tertiary/aromatic N) is 2. The predicted octanol–water partition coefficient (Wildman–Crippen LogP) is 4.71. The Balaban J connectivity index is 1.92. The lowest BCUT2D eigenvalue weighted by atomic mass is 10.1. The third-order valence-electron chi connectivity index (χ3n) is 6.25. The number of halogens is 4. The Morgan fingerprint density at radius 3 is 2.35 bits per heavy atom. The van der Waals surface area contributed by atoms with Crippen molar-refractivity contribution in [1.82, 2.24) is 10.2 Å². The van der Waals surface area contributed by atoms with Crippen LogP contribution in [-0.4, -0.2) is 50.0 Å². The molecular weight excluding hydrogens is 575 g/mol. The molecule has 0 spiro atoms. The molecule has 2 aromatic carbocycles. The maximum atomic E-state index is 13.5. The monoisotopic (exact) mass is 603 g/mol. The first-order valence-corrected chi connectivity index (χ1v) is 14.4. The maximum Gasteiger partial charge on any atom is 0.416 e. The second-order valence-electron chi connectivity index (χ2n) is 9.14. The Morgan fingerprint density at radius 2 is 1.76 bits per heavy atom. The normalized spacial score (nSPS) is 15.3. The van der Waals surface area contributed by atoms with Crippen LogP contribution in [0.2, 0.25) is 0 Å². The van der Waals surface area contributed by atoms with Crippen LogP contribution >= 0.6 is 15.9 Å². The van der Waals surface area contributed by atoms with Gasteiger partial charge in [0.25, 0.3) is 0 Å². The molecule has 37 heavy (non-hydrogen) atoms. The zero-order chi connectivity index (χ0) is 27.4. The van der Waals surface area contributed by atoms with Gasteiger partial charge in [-0.1, -0.05) is 47.0 Å². The number of alkyl halides is 3. The van der Waals surface area contributed by atoms with Gasteiger partial charge in [0, 0.05) is 17.1 Å². The van der Waals surface area contributed by atoms with Crippen molar-refractivity contribution in [3.8, 4) is 0 Å². The van der Waals surface area contributed by atoms with Crippen molar-refractivity contribution < 1.29 is 31.2 Å². The Labute approximate surface area is 223 Å². The van der Waals surface area contributed by atoms with E-state index in [2.05, 4.69) is 21.2 Å². The minimum Gasteiger partial charge on any atom is -0.352 e. The largest absolute Gasteiger partial charge is 0.416 e. The molecule has 1 unspecified atom stereocenters. The fraction of sp³-hybridized carbons (Fsp3) is 0.440. The van der Waals surface area contributed by atoms with Gasteiger partial charge in [-0.2, -0.15) is 13.2 Å².